The molecule has 0 unspecified atom stereocenters. The number of rotatable bonds is 2. The van der Waals surface area contributed by atoms with E-state index in [0.717, 1.165) is 25.9 Å². The van der Waals surface area contributed by atoms with Crippen LogP contribution in [0.1, 0.15) is 12.8 Å². The molecule has 1 aromatic rings. The van der Waals surface area contributed by atoms with Crippen LogP contribution in [0.3, 0.4) is 0 Å². The van der Waals surface area contributed by atoms with Crippen molar-refractivity contribution in [2.45, 2.75) is 18.9 Å². The lowest BCUT2D eigenvalue weighted by atomic mass is 10.1. The van der Waals surface area contributed by atoms with Crippen molar-refractivity contribution in [1.29, 1.82) is 0 Å². The maximum absolute atomic E-state index is 13.1. The van der Waals surface area contributed by atoms with Crippen LogP contribution in [0.5, 0.6) is 5.75 Å². The van der Waals surface area contributed by atoms with E-state index in [-0.39, 0.29) is 11.1 Å². The van der Waals surface area contributed by atoms with Crippen molar-refractivity contribution in [1.82, 2.24) is 5.32 Å². The standard InChI is InChI=1S/C11H13ClFNO/c12-11-9(13)2-1-3-10(11)15-8-4-6-14-7-5-8/h1-3,8,14H,4-7H2. The van der Waals surface area contributed by atoms with Crippen molar-refractivity contribution in [2.24, 2.45) is 0 Å². The molecule has 4 heteroatoms. The molecule has 1 aliphatic rings. The van der Waals surface area contributed by atoms with E-state index in [1.807, 2.05) is 0 Å². The van der Waals surface area contributed by atoms with Crippen molar-refractivity contribution in [3.8, 4) is 5.75 Å². The van der Waals surface area contributed by atoms with E-state index in [1.54, 1.807) is 12.1 Å². The normalized spacial score (nSPS) is 17.7. The lowest BCUT2D eigenvalue weighted by Crippen LogP contribution is -2.34. The molecule has 0 aliphatic carbocycles. The fourth-order valence-electron chi connectivity index (χ4n) is 1.67. The molecular weight excluding hydrogens is 217 g/mol. The highest BCUT2D eigenvalue weighted by molar-refractivity contribution is 6.32. The quantitative estimate of drug-likeness (QED) is 0.842. The minimum absolute atomic E-state index is 0.0797. The Hall–Kier alpha value is -0.800. The number of nitrogens with one attached hydrogen (secondary N) is 1. The third-order valence-electron chi connectivity index (χ3n) is 2.50. The summed E-state index contributed by atoms with van der Waals surface area (Å²) in [6.45, 7) is 1.88. The largest absolute Gasteiger partial charge is 0.489 e. The summed E-state index contributed by atoms with van der Waals surface area (Å²) < 4.78 is 18.8. The molecule has 1 aliphatic heterocycles. The number of ether oxygens (including phenoxy) is 1. The molecule has 1 fully saturated rings. The third-order valence-corrected chi connectivity index (χ3v) is 2.86. The molecule has 1 N–H and O–H groups in total. The SMILES string of the molecule is Fc1cccc(OC2CCNCC2)c1Cl. The van der Waals surface area contributed by atoms with Gasteiger partial charge in [0.2, 0.25) is 0 Å². The topological polar surface area (TPSA) is 21.3 Å². The van der Waals surface area contributed by atoms with Gasteiger partial charge in [-0.3, -0.25) is 0 Å². The van der Waals surface area contributed by atoms with E-state index in [9.17, 15) is 4.39 Å². The molecule has 82 valence electrons. The second kappa shape index (κ2) is 4.81. The van der Waals surface area contributed by atoms with Crippen molar-refractivity contribution in [3.63, 3.8) is 0 Å². The highest BCUT2D eigenvalue weighted by Gasteiger charge is 2.16. The number of piperidine rings is 1. The summed E-state index contributed by atoms with van der Waals surface area (Å²) >= 11 is 5.80. The van der Waals surface area contributed by atoms with E-state index in [0.29, 0.717) is 5.75 Å². The lowest BCUT2D eigenvalue weighted by Gasteiger charge is -2.24. The van der Waals surface area contributed by atoms with Gasteiger partial charge in [0.1, 0.15) is 22.7 Å². The van der Waals surface area contributed by atoms with Gasteiger partial charge < -0.3 is 10.1 Å². The van der Waals surface area contributed by atoms with Crippen LogP contribution in [-0.4, -0.2) is 19.2 Å². The van der Waals surface area contributed by atoms with Gasteiger partial charge in [0.15, 0.2) is 0 Å². The maximum atomic E-state index is 13.1. The zero-order valence-corrected chi connectivity index (χ0v) is 9.06. The molecule has 1 heterocycles. The summed E-state index contributed by atoms with van der Waals surface area (Å²) in [5.74, 6) is 0.0201. The minimum Gasteiger partial charge on any atom is -0.489 e. The van der Waals surface area contributed by atoms with Crippen LogP contribution in [0.15, 0.2) is 18.2 Å². The van der Waals surface area contributed by atoms with Crippen molar-refractivity contribution >= 4 is 11.6 Å². The Bertz CT molecular complexity index is 339. The summed E-state index contributed by atoms with van der Waals surface area (Å²) in [5, 5.41) is 3.32. The van der Waals surface area contributed by atoms with E-state index in [2.05, 4.69) is 5.32 Å². The van der Waals surface area contributed by atoms with Gasteiger partial charge >= 0.3 is 0 Å². The molecule has 2 nitrogen and oxygen atoms in total. The Balaban J connectivity index is 2.06. The van der Waals surface area contributed by atoms with Gasteiger partial charge in [-0.05, 0) is 38.1 Å². The number of halogens is 2. The van der Waals surface area contributed by atoms with E-state index >= 15 is 0 Å². The molecule has 1 saturated heterocycles. The lowest BCUT2D eigenvalue weighted by molar-refractivity contribution is 0.162. The van der Waals surface area contributed by atoms with Gasteiger partial charge in [-0.2, -0.15) is 0 Å². The number of benzene rings is 1. The first kappa shape index (κ1) is 10.7. The summed E-state index contributed by atoms with van der Waals surface area (Å²) in [6.07, 6.45) is 2.02. The first-order valence-electron chi connectivity index (χ1n) is 5.09. The first-order chi connectivity index (χ1) is 7.27. The van der Waals surface area contributed by atoms with Crippen LogP contribution in [-0.2, 0) is 0 Å². The minimum atomic E-state index is -0.428. The second-order valence-corrected chi connectivity index (χ2v) is 4.00. The van der Waals surface area contributed by atoms with Gasteiger partial charge in [0, 0.05) is 0 Å². The Morgan fingerprint density at radius 2 is 2.07 bits per heavy atom. The zero-order valence-electron chi connectivity index (χ0n) is 8.30. The summed E-state index contributed by atoms with van der Waals surface area (Å²) in [5.41, 5.74) is 0. The Morgan fingerprint density at radius 1 is 1.33 bits per heavy atom. The fraction of sp³-hybridized carbons (Fsp3) is 0.455. The van der Waals surface area contributed by atoms with Crippen LogP contribution < -0.4 is 10.1 Å². The predicted octanol–water partition coefficient (Wildman–Crippen LogP) is 2.61. The van der Waals surface area contributed by atoms with E-state index in [1.165, 1.54) is 6.07 Å². The number of hydrogen-bond donors (Lipinski definition) is 1. The molecule has 0 spiro atoms. The van der Waals surface area contributed by atoms with Crippen LogP contribution in [0.4, 0.5) is 4.39 Å². The van der Waals surface area contributed by atoms with E-state index < -0.39 is 5.82 Å². The third kappa shape index (κ3) is 2.61. The molecule has 0 amide bonds. The molecule has 2 rings (SSSR count). The molecule has 0 radical (unpaired) electrons. The second-order valence-electron chi connectivity index (χ2n) is 3.62. The van der Waals surface area contributed by atoms with Gasteiger partial charge in [-0.1, -0.05) is 17.7 Å². The molecule has 15 heavy (non-hydrogen) atoms. The highest BCUT2D eigenvalue weighted by Crippen LogP contribution is 2.28. The first-order valence-corrected chi connectivity index (χ1v) is 5.46. The van der Waals surface area contributed by atoms with Gasteiger partial charge in [0.25, 0.3) is 0 Å². The van der Waals surface area contributed by atoms with Crippen molar-refractivity contribution in [2.75, 3.05) is 13.1 Å². The highest BCUT2D eigenvalue weighted by atomic mass is 35.5. The molecule has 1 aromatic carbocycles. The Morgan fingerprint density at radius 3 is 2.80 bits per heavy atom. The fourth-order valence-corrected chi connectivity index (χ4v) is 1.84. The molecule has 0 aromatic heterocycles. The molecule has 0 bridgehead atoms. The summed E-state index contributed by atoms with van der Waals surface area (Å²) in [6, 6.07) is 4.64. The molecular formula is C11H13ClFNO. The average Bonchev–Trinajstić information content (AvgIpc) is 2.26. The van der Waals surface area contributed by atoms with Crippen molar-refractivity contribution < 1.29 is 9.13 Å². The van der Waals surface area contributed by atoms with Crippen LogP contribution >= 0.6 is 11.6 Å². The van der Waals surface area contributed by atoms with Crippen molar-refractivity contribution in [3.05, 3.63) is 29.0 Å². The Labute approximate surface area is 93.4 Å². The summed E-state index contributed by atoms with van der Waals surface area (Å²) in [4.78, 5) is 0. The van der Waals surface area contributed by atoms with E-state index in [4.69, 9.17) is 16.3 Å². The maximum Gasteiger partial charge on any atom is 0.145 e. The van der Waals surface area contributed by atoms with Gasteiger partial charge in [-0.25, -0.2) is 4.39 Å². The van der Waals surface area contributed by atoms with Crippen LogP contribution in [0, 0.1) is 5.82 Å². The summed E-state index contributed by atoms with van der Waals surface area (Å²) in [7, 11) is 0. The van der Waals surface area contributed by atoms with Crippen LogP contribution in [0.25, 0.3) is 0 Å². The molecule has 0 saturated carbocycles. The Kier molecular flexibility index (Phi) is 3.44. The number of hydrogen-bond acceptors (Lipinski definition) is 2. The van der Waals surface area contributed by atoms with Crippen LogP contribution in [0.2, 0.25) is 5.02 Å². The monoisotopic (exact) mass is 229 g/mol. The smallest absolute Gasteiger partial charge is 0.145 e. The zero-order chi connectivity index (χ0) is 10.7. The molecule has 0 atom stereocenters. The average molecular weight is 230 g/mol. The predicted molar refractivity (Wildman–Crippen MR) is 57.9 cm³/mol. The van der Waals surface area contributed by atoms with Gasteiger partial charge in [-0.15, -0.1) is 0 Å². The van der Waals surface area contributed by atoms with Gasteiger partial charge in [0.05, 0.1) is 0 Å².